The standard InChI is InChI=1S/C39H28N2O/c1-2-40-35-17-9-10-18-36(35)41(39(40)42)30-23-21-27(22-24-30)37-31-13-5-7-15-33(31)38(34-16-8-6-14-32(34)37)29-20-19-26-11-3-4-12-28(26)25-29/h3-25H,2H2,1H3. The molecular formula is C39H28N2O. The van der Waals surface area contributed by atoms with E-state index in [-0.39, 0.29) is 5.69 Å². The summed E-state index contributed by atoms with van der Waals surface area (Å²) in [7, 11) is 0. The zero-order valence-electron chi connectivity index (χ0n) is 23.3. The monoisotopic (exact) mass is 540 g/mol. The van der Waals surface area contributed by atoms with E-state index >= 15 is 0 Å². The lowest BCUT2D eigenvalue weighted by Gasteiger charge is -2.18. The van der Waals surface area contributed by atoms with Crippen LogP contribution in [0, 0.1) is 0 Å². The molecule has 0 aliphatic heterocycles. The number of fused-ring (bicyclic) bond motifs is 4. The van der Waals surface area contributed by atoms with Crippen molar-refractivity contribution in [3.63, 3.8) is 0 Å². The van der Waals surface area contributed by atoms with Gasteiger partial charge in [0.05, 0.1) is 16.7 Å². The van der Waals surface area contributed by atoms with Crippen LogP contribution in [0.3, 0.4) is 0 Å². The van der Waals surface area contributed by atoms with E-state index in [9.17, 15) is 4.79 Å². The van der Waals surface area contributed by atoms with Crippen LogP contribution in [0.25, 0.3) is 71.3 Å². The molecule has 3 nitrogen and oxygen atoms in total. The molecule has 0 bridgehead atoms. The molecule has 7 aromatic carbocycles. The minimum Gasteiger partial charge on any atom is -0.292 e. The number of para-hydroxylation sites is 2. The van der Waals surface area contributed by atoms with Crippen molar-refractivity contribution in [1.82, 2.24) is 9.13 Å². The van der Waals surface area contributed by atoms with Crippen molar-refractivity contribution in [2.75, 3.05) is 0 Å². The quantitative estimate of drug-likeness (QED) is 0.204. The molecule has 0 aliphatic carbocycles. The Hall–Kier alpha value is -5.41. The van der Waals surface area contributed by atoms with E-state index in [2.05, 4.69) is 115 Å². The third-order valence-corrected chi connectivity index (χ3v) is 8.54. The molecule has 0 N–H and O–H groups in total. The first-order valence-corrected chi connectivity index (χ1v) is 14.5. The number of aromatic nitrogens is 2. The molecule has 1 aromatic heterocycles. The molecule has 0 amide bonds. The molecule has 8 aromatic rings. The van der Waals surface area contributed by atoms with Crippen LogP contribution in [0.4, 0.5) is 0 Å². The van der Waals surface area contributed by atoms with Crippen molar-refractivity contribution in [2.24, 2.45) is 0 Å². The number of hydrogen-bond acceptors (Lipinski definition) is 1. The van der Waals surface area contributed by atoms with Gasteiger partial charge in [0.25, 0.3) is 0 Å². The van der Waals surface area contributed by atoms with E-state index in [0.29, 0.717) is 6.54 Å². The van der Waals surface area contributed by atoms with Crippen LogP contribution >= 0.6 is 0 Å². The minimum absolute atomic E-state index is 0.0120. The molecule has 42 heavy (non-hydrogen) atoms. The molecule has 0 radical (unpaired) electrons. The lowest BCUT2D eigenvalue weighted by atomic mass is 9.85. The van der Waals surface area contributed by atoms with Crippen LogP contribution in [-0.4, -0.2) is 9.13 Å². The van der Waals surface area contributed by atoms with Crippen LogP contribution in [0.1, 0.15) is 6.92 Å². The molecule has 0 saturated heterocycles. The molecule has 0 fully saturated rings. The maximum atomic E-state index is 13.4. The normalized spacial score (nSPS) is 11.6. The van der Waals surface area contributed by atoms with Gasteiger partial charge in [0.1, 0.15) is 0 Å². The molecule has 1 heterocycles. The van der Waals surface area contributed by atoms with Gasteiger partial charge in [0.15, 0.2) is 0 Å². The Morgan fingerprint density at radius 3 is 1.62 bits per heavy atom. The van der Waals surface area contributed by atoms with Gasteiger partial charge in [-0.05, 0) is 91.8 Å². The smallest absolute Gasteiger partial charge is 0.292 e. The summed E-state index contributed by atoms with van der Waals surface area (Å²) in [5.74, 6) is 0. The van der Waals surface area contributed by atoms with Crippen LogP contribution in [0.5, 0.6) is 0 Å². The minimum atomic E-state index is -0.0120. The second kappa shape index (κ2) is 9.60. The third-order valence-electron chi connectivity index (χ3n) is 8.54. The van der Waals surface area contributed by atoms with Gasteiger partial charge in [0.2, 0.25) is 0 Å². The number of hydrogen-bond donors (Lipinski definition) is 0. The highest BCUT2D eigenvalue weighted by Crippen LogP contribution is 2.44. The predicted molar refractivity (Wildman–Crippen MR) is 177 cm³/mol. The Balaban J connectivity index is 1.36. The molecule has 0 atom stereocenters. The first kappa shape index (κ1) is 24.4. The zero-order chi connectivity index (χ0) is 28.2. The van der Waals surface area contributed by atoms with Crippen LogP contribution in [0.2, 0.25) is 0 Å². The lowest BCUT2D eigenvalue weighted by molar-refractivity contribution is 0.734. The second-order valence-corrected chi connectivity index (χ2v) is 10.8. The summed E-state index contributed by atoms with van der Waals surface area (Å²) in [5.41, 5.74) is 7.55. The van der Waals surface area contributed by atoms with Gasteiger partial charge in [-0.15, -0.1) is 0 Å². The molecule has 0 saturated carbocycles. The fourth-order valence-corrected chi connectivity index (χ4v) is 6.64. The van der Waals surface area contributed by atoms with Crippen molar-refractivity contribution >= 4 is 43.4 Å². The fourth-order valence-electron chi connectivity index (χ4n) is 6.64. The topological polar surface area (TPSA) is 26.9 Å². The summed E-state index contributed by atoms with van der Waals surface area (Å²) in [6.45, 7) is 2.64. The average molecular weight is 541 g/mol. The predicted octanol–water partition coefficient (Wildman–Crippen LogP) is 9.61. The van der Waals surface area contributed by atoms with E-state index < -0.39 is 0 Å². The lowest BCUT2D eigenvalue weighted by Crippen LogP contribution is -2.22. The van der Waals surface area contributed by atoms with Gasteiger partial charge in [-0.25, -0.2) is 4.79 Å². The average Bonchev–Trinajstić information content (AvgIpc) is 3.34. The van der Waals surface area contributed by atoms with Crippen molar-refractivity contribution in [3.05, 3.63) is 150 Å². The van der Waals surface area contributed by atoms with Crippen LogP contribution in [-0.2, 0) is 6.54 Å². The zero-order valence-corrected chi connectivity index (χ0v) is 23.3. The number of benzene rings is 7. The van der Waals surface area contributed by atoms with Crippen molar-refractivity contribution in [3.8, 4) is 27.9 Å². The molecule has 3 heteroatoms. The highest BCUT2D eigenvalue weighted by Gasteiger charge is 2.18. The van der Waals surface area contributed by atoms with Crippen LogP contribution < -0.4 is 5.69 Å². The summed E-state index contributed by atoms with van der Waals surface area (Å²) in [6.07, 6.45) is 0. The van der Waals surface area contributed by atoms with Crippen molar-refractivity contribution in [2.45, 2.75) is 13.5 Å². The number of rotatable bonds is 4. The van der Waals surface area contributed by atoms with Crippen LogP contribution in [0.15, 0.2) is 144 Å². The molecule has 0 aliphatic rings. The highest BCUT2D eigenvalue weighted by molar-refractivity contribution is 6.21. The van der Waals surface area contributed by atoms with E-state index in [1.165, 1.54) is 49.0 Å². The van der Waals surface area contributed by atoms with E-state index in [0.717, 1.165) is 22.3 Å². The Bertz CT molecular complexity index is 2300. The largest absolute Gasteiger partial charge is 0.333 e. The Kier molecular flexibility index (Phi) is 5.58. The van der Waals surface area contributed by atoms with Gasteiger partial charge in [-0.2, -0.15) is 0 Å². The summed E-state index contributed by atoms with van der Waals surface area (Å²) < 4.78 is 3.65. The summed E-state index contributed by atoms with van der Waals surface area (Å²) in [4.78, 5) is 13.4. The van der Waals surface area contributed by atoms with Gasteiger partial charge >= 0.3 is 5.69 Å². The fraction of sp³-hybridized carbons (Fsp3) is 0.0513. The van der Waals surface area contributed by atoms with Crippen molar-refractivity contribution in [1.29, 1.82) is 0 Å². The van der Waals surface area contributed by atoms with E-state index in [4.69, 9.17) is 0 Å². The summed E-state index contributed by atoms with van der Waals surface area (Å²) in [5, 5.41) is 7.37. The van der Waals surface area contributed by atoms with Crippen molar-refractivity contribution < 1.29 is 0 Å². The SMILES string of the molecule is CCn1c(=O)n(-c2ccc(-c3c4ccccc4c(-c4ccc5ccccc5c4)c4ccccc34)cc2)c2ccccc21. The third kappa shape index (κ3) is 3.64. The highest BCUT2D eigenvalue weighted by atomic mass is 16.1. The second-order valence-electron chi connectivity index (χ2n) is 10.8. The maximum absolute atomic E-state index is 13.4. The molecule has 0 spiro atoms. The Labute approximate surface area is 243 Å². The Morgan fingerprint density at radius 1 is 0.500 bits per heavy atom. The Morgan fingerprint density at radius 2 is 1.00 bits per heavy atom. The van der Waals surface area contributed by atoms with E-state index in [1.807, 2.05) is 40.3 Å². The molecule has 0 unspecified atom stereocenters. The van der Waals surface area contributed by atoms with Gasteiger partial charge < -0.3 is 0 Å². The number of imidazole rings is 1. The maximum Gasteiger partial charge on any atom is 0.333 e. The molecule has 200 valence electrons. The number of aryl methyl sites for hydroxylation is 1. The molecular weight excluding hydrogens is 512 g/mol. The summed E-state index contributed by atoms with van der Waals surface area (Å²) >= 11 is 0. The van der Waals surface area contributed by atoms with Gasteiger partial charge in [-0.3, -0.25) is 9.13 Å². The van der Waals surface area contributed by atoms with E-state index in [1.54, 1.807) is 0 Å². The summed E-state index contributed by atoms with van der Waals surface area (Å²) in [6, 6.07) is 49.2. The first-order chi connectivity index (χ1) is 20.7. The van der Waals surface area contributed by atoms with Gasteiger partial charge in [-0.1, -0.05) is 109 Å². The first-order valence-electron chi connectivity index (χ1n) is 14.5. The molecule has 8 rings (SSSR count). The number of nitrogens with zero attached hydrogens (tertiary/aromatic N) is 2. The van der Waals surface area contributed by atoms with Gasteiger partial charge in [0, 0.05) is 6.54 Å².